The van der Waals surface area contributed by atoms with Gasteiger partial charge in [-0.15, -0.1) is 0 Å². The number of fused-ring (bicyclic) bond motifs is 1. The maximum absolute atomic E-state index is 5.27. The summed E-state index contributed by atoms with van der Waals surface area (Å²) < 4.78 is 7.65. The molecule has 1 N–H and O–H groups in total. The molecule has 1 unspecified atom stereocenters. The molecule has 1 aromatic carbocycles. The fourth-order valence-electron chi connectivity index (χ4n) is 2.38. The highest BCUT2D eigenvalue weighted by molar-refractivity contribution is 5.78. The van der Waals surface area contributed by atoms with Crippen molar-refractivity contribution >= 4 is 11.0 Å². The van der Waals surface area contributed by atoms with Crippen molar-refractivity contribution in [2.45, 2.75) is 31.8 Å². The lowest BCUT2D eigenvalue weighted by Crippen LogP contribution is -2.17. The van der Waals surface area contributed by atoms with Crippen LogP contribution in [0.3, 0.4) is 0 Å². The van der Waals surface area contributed by atoms with Crippen LogP contribution < -0.4 is 10.1 Å². The molecule has 0 spiro atoms. The Morgan fingerprint density at radius 1 is 1.44 bits per heavy atom. The summed E-state index contributed by atoms with van der Waals surface area (Å²) in [6.07, 6.45) is 2.53. The van der Waals surface area contributed by atoms with Crippen LogP contribution in [-0.2, 0) is 0 Å². The normalized spacial score (nSPS) is 17.1. The molecule has 1 atom stereocenters. The van der Waals surface area contributed by atoms with Crippen molar-refractivity contribution in [3.8, 4) is 5.75 Å². The maximum Gasteiger partial charge on any atom is 0.127 e. The lowest BCUT2D eigenvalue weighted by molar-refractivity contribution is 0.415. The predicted molar refractivity (Wildman–Crippen MR) is 72.0 cm³/mol. The first kappa shape index (κ1) is 11.5. The van der Waals surface area contributed by atoms with E-state index in [-0.39, 0.29) is 6.04 Å². The molecule has 18 heavy (non-hydrogen) atoms. The summed E-state index contributed by atoms with van der Waals surface area (Å²) in [5.41, 5.74) is 2.24. The molecule has 0 saturated heterocycles. The molecule has 0 amide bonds. The Morgan fingerprint density at radius 3 is 2.83 bits per heavy atom. The molecule has 1 saturated carbocycles. The minimum atomic E-state index is 0.268. The van der Waals surface area contributed by atoms with Crippen molar-refractivity contribution in [3.63, 3.8) is 0 Å². The first-order valence-electron chi connectivity index (χ1n) is 6.47. The Bertz CT molecular complexity index is 572. The molecular weight excluding hydrogens is 226 g/mol. The van der Waals surface area contributed by atoms with Gasteiger partial charge in [0.2, 0.25) is 0 Å². The van der Waals surface area contributed by atoms with Gasteiger partial charge in [-0.1, -0.05) is 0 Å². The van der Waals surface area contributed by atoms with Crippen LogP contribution in [0.4, 0.5) is 0 Å². The summed E-state index contributed by atoms with van der Waals surface area (Å²) in [5.74, 6) is 2.00. The fourth-order valence-corrected chi connectivity index (χ4v) is 2.38. The summed E-state index contributed by atoms with van der Waals surface area (Å²) >= 11 is 0. The van der Waals surface area contributed by atoms with Crippen LogP contribution >= 0.6 is 0 Å². The fraction of sp³-hybridized carbons (Fsp3) is 0.500. The number of methoxy groups -OCH3 is 1. The van der Waals surface area contributed by atoms with Crippen LogP contribution in [0, 0.1) is 0 Å². The van der Waals surface area contributed by atoms with Crippen LogP contribution in [0.5, 0.6) is 5.75 Å². The Hall–Kier alpha value is -1.55. The van der Waals surface area contributed by atoms with Crippen LogP contribution in [0.25, 0.3) is 11.0 Å². The molecule has 1 aliphatic rings. The van der Waals surface area contributed by atoms with E-state index in [9.17, 15) is 0 Å². The number of imidazole rings is 1. The van der Waals surface area contributed by atoms with Gasteiger partial charge in [-0.3, -0.25) is 0 Å². The van der Waals surface area contributed by atoms with E-state index in [1.165, 1.54) is 18.4 Å². The molecule has 1 aliphatic carbocycles. The van der Waals surface area contributed by atoms with E-state index in [0.29, 0.717) is 6.04 Å². The van der Waals surface area contributed by atoms with Crippen molar-refractivity contribution in [2.75, 3.05) is 14.2 Å². The third-order valence-corrected chi connectivity index (χ3v) is 3.66. The van der Waals surface area contributed by atoms with Crippen molar-refractivity contribution in [2.24, 2.45) is 0 Å². The molecule has 0 radical (unpaired) electrons. The molecule has 3 rings (SSSR count). The minimum Gasteiger partial charge on any atom is -0.497 e. The lowest BCUT2D eigenvalue weighted by Gasteiger charge is -2.13. The zero-order valence-electron chi connectivity index (χ0n) is 11.1. The van der Waals surface area contributed by atoms with Gasteiger partial charge in [0.1, 0.15) is 11.6 Å². The smallest absolute Gasteiger partial charge is 0.127 e. The van der Waals surface area contributed by atoms with Crippen molar-refractivity contribution in [1.82, 2.24) is 14.9 Å². The standard InChI is InChI=1S/C14H19N3O/c1-9(15-2)14-16-12-8-11(18-3)6-7-13(12)17(14)10-4-5-10/h6-10,15H,4-5H2,1-3H3. The molecule has 2 aromatic rings. The Morgan fingerprint density at radius 2 is 2.22 bits per heavy atom. The van der Waals surface area contributed by atoms with E-state index in [1.807, 2.05) is 19.2 Å². The third-order valence-electron chi connectivity index (χ3n) is 3.66. The van der Waals surface area contributed by atoms with E-state index < -0.39 is 0 Å². The number of benzene rings is 1. The lowest BCUT2D eigenvalue weighted by atomic mass is 10.3. The number of nitrogens with zero attached hydrogens (tertiary/aromatic N) is 2. The van der Waals surface area contributed by atoms with E-state index >= 15 is 0 Å². The molecule has 1 aromatic heterocycles. The first-order valence-corrected chi connectivity index (χ1v) is 6.47. The van der Waals surface area contributed by atoms with Crippen LogP contribution in [0.15, 0.2) is 18.2 Å². The average Bonchev–Trinajstić information content (AvgIpc) is 3.17. The van der Waals surface area contributed by atoms with Gasteiger partial charge in [0.05, 0.1) is 24.2 Å². The van der Waals surface area contributed by atoms with Gasteiger partial charge in [0.25, 0.3) is 0 Å². The van der Waals surface area contributed by atoms with Crippen molar-refractivity contribution < 1.29 is 4.74 Å². The monoisotopic (exact) mass is 245 g/mol. The summed E-state index contributed by atoms with van der Waals surface area (Å²) in [6.45, 7) is 2.15. The highest BCUT2D eigenvalue weighted by Crippen LogP contribution is 2.40. The van der Waals surface area contributed by atoms with E-state index in [1.54, 1.807) is 7.11 Å². The second kappa shape index (κ2) is 4.28. The van der Waals surface area contributed by atoms with Gasteiger partial charge < -0.3 is 14.6 Å². The van der Waals surface area contributed by atoms with Gasteiger partial charge in [-0.25, -0.2) is 4.98 Å². The number of aromatic nitrogens is 2. The molecule has 1 heterocycles. The molecule has 0 bridgehead atoms. The number of hydrogen-bond acceptors (Lipinski definition) is 3. The number of ether oxygens (including phenoxy) is 1. The second-order valence-corrected chi connectivity index (χ2v) is 4.94. The topological polar surface area (TPSA) is 39.1 Å². The molecular formula is C14H19N3O. The molecule has 4 nitrogen and oxygen atoms in total. The SMILES string of the molecule is CNC(C)c1nc2cc(OC)ccc2n1C1CC1. The first-order chi connectivity index (χ1) is 8.74. The van der Waals surface area contributed by atoms with Crippen molar-refractivity contribution in [1.29, 1.82) is 0 Å². The predicted octanol–water partition coefficient (Wildman–Crippen LogP) is 2.66. The molecule has 0 aliphatic heterocycles. The largest absolute Gasteiger partial charge is 0.497 e. The third kappa shape index (κ3) is 1.77. The summed E-state index contributed by atoms with van der Waals surface area (Å²) in [7, 11) is 3.66. The number of nitrogens with one attached hydrogen (secondary N) is 1. The molecule has 96 valence electrons. The Kier molecular flexibility index (Phi) is 2.74. The van der Waals surface area contributed by atoms with Gasteiger partial charge in [-0.2, -0.15) is 0 Å². The Balaban J connectivity index is 2.18. The zero-order chi connectivity index (χ0) is 12.7. The highest BCUT2D eigenvalue weighted by Gasteiger charge is 2.29. The van der Waals surface area contributed by atoms with E-state index in [0.717, 1.165) is 17.1 Å². The quantitative estimate of drug-likeness (QED) is 0.900. The van der Waals surface area contributed by atoms with Gasteiger partial charge >= 0.3 is 0 Å². The molecule has 4 heteroatoms. The van der Waals surface area contributed by atoms with E-state index in [2.05, 4.69) is 22.9 Å². The number of rotatable bonds is 4. The zero-order valence-corrected chi connectivity index (χ0v) is 11.1. The average molecular weight is 245 g/mol. The van der Waals surface area contributed by atoms with Gasteiger partial charge in [0, 0.05) is 12.1 Å². The van der Waals surface area contributed by atoms with Crippen LogP contribution in [0.2, 0.25) is 0 Å². The summed E-state index contributed by atoms with van der Waals surface area (Å²) in [6, 6.07) is 7.04. The van der Waals surface area contributed by atoms with Crippen LogP contribution in [-0.4, -0.2) is 23.7 Å². The second-order valence-electron chi connectivity index (χ2n) is 4.94. The van der Waals surface area contributed by atoms with Gasteiger partial charge in [0.15, 0.2) is 0 Å². The van der Waals surface area contributed by atoms with Gasteiger partial charge in [-0.05, 0) is 38.9 Å². The Labute approximate surface area is 107 Å². The summed E-state index contributed by atoms with van der Waals surface area (Å²) in [4.78, 5) is 4.77. The number of hydrogen-bond donors (Lipinski definition) is 1. The molecule has 1 fully saturated rings. The van der Waals surface area contributed by atoms with Crippen LogP contribution in [0.1, 0.15) is 37.7 Å². The maximum atomic E-state index is 5.27. The summed E-state index contributed by atoms with van der Waals surface area (Å²) in [5, 5.41) is 3.28. The van der Waals surface area contributed by atoms with E-state index in [4.69, 9.17) is 9.72 Å². The van der Waals surface area contributed by atoms with Crippen molar-refractivity contribution in [3.05, 3.63) is 24.0 Å². The highest BCUT2D eigenvalue weighted by atomic mass is 16.5. The minimum absolute atomic E-state index is 0.268.